The average Bonchev–Trinajstić information content (AvgIpc) is 2.62. The molecule has 0 spiro atoms. The summed E-state index contributed by atoms with van der Waals surface area (Å²) in [7, 11) is -3.74. The lowest BCUT2D eigenvalue weighted by Gasteiger charge is -2.09. The van der Waals surface area contributed by atoms with Gasteiger partial charge in [0.25, 0.3) is 0 Å². The van der Waals surface area contributed by atoms with Gasteiger partial charge in [-0.3, -0.25) is 4.79 Å². The molecule has 1 aromatic carbocycles. The highest BCUT2D eigenvalue weighted by atomic mass is 32.2. The van der Waals surface area contributed by atoms with Crippen LogP contribution in [0, 0.1) is 0 Å². The van der Waals surface area contributed by atoms with E-state index in [0.29, 0.717) is 24.7 Å². The molecular weight excluding hydrogens is 284 g/mol. The summed E-state index contributed by atoms with van der Waals surface area (Å²) in [5.41, 5.74) is 0. The molecule has 6 nitrogen and oxygen atoms in total. The summed E-state index contributed by atoms with van der Waals surface area (Å²) in [6.45, 7) is 2.77. The van der Waals surface area contributed by atoms with Gasteiger partial charge in [-0.1, -0.05) is 0 Å². The Kier molecular flexibility index (Phi) is 4.49. The van der Waals surface area contributed by atoms with Crippen molar-refractivity contribution in [2.24, 2.45) is 0 Å². The molecule has 2 rings (SSSR count). The molecule has 1 aliphatic rings. The fourth-order valence-electron chi connectivity index (χ4n) is 1.78. The SMILES string of the molecule is CCOC(=O)CS(=O)(=O)c1ccc2c(c1)OCCCO2. The van der Waals surface area contributed by atoms with Gasteiger partial charge < -0.3 is 14.2 Å². The topological polar surface area (TPSA) is 78.9 Å². The summed E-state index contributed by atoms with van der Waals surface area (Å²) in [6.07, 6.45) is 0.736. The van der Waals surface area contributed by atoms with Gasteiger partial charge in [0.15, 0.2) is 27.1 Å². The Morgan fingerprint density at radius 2 is 1.95 bits per heavy atom. The maximum Gasteiger partial charge on any atom is 0.321 e. The molecule has 20 heavy (non-hydrogen) atoms. The summed E-state index contributed by atoms with van der Waals surface area (Å²) in [6, 6.07) is 4.33. The largest absolute Gasteiger partial charge is 0.490 e. The van der Waals surface area contributed by atoms with Crippen molar-refractivity contribution >= 4 is 15.8 Å². The van der Waals surface area contributed by atoms with Crippen molar-refractivity contribution < 1.29 is 27.4 Å². The first-order valence-electron chi connectivity index (χ1n) is 6.31. The van der Waals surface area contributed by atoms with Crippen molar-refractivity contribution in [1.82, 2.24) is 0 Å². The number of benzene rings is 1. The minimum atomic E-state index is -3.74. The van der Waals surface area contributed by atoms with Gasteiger partial charge in [0.05, 0.1) is 24.7 Å². The molecule has 1 aliphatic heterocycles. The number of carbonyl (C=O) groups is 1. The van der Waals surface area contributed by atoms with Crippen molar-refractivity contribution in [1.29, 1.82) is 0 Å². The van der Waals surface area contributed by atoms with E-state index in [1.54, 1.807) is 13.0 Å². The van der Waals surface area contributed by atoms with Gasteiger partial charge in [-0.2, -0.15) is 0 Å². The highest BCUT2D eigenvalue weighted by Gasteiger charge is 2.22. The highest BCUT2D eigenvalue weighted by molar-refractivity contribution is 7.92. The van der Waals surface area contributed by atoms with E-state index in [1.807, 2.05) is 0 Å². The molecule has 0 radical (unpaired) electrons. The van der Waals surface area contributed by atoms with Crippen molar-refractivity contribution in [3.63, 3.8) is 0 Å². The summed E-state index contributed by atoms with van der Waals surface area (Å²) in [4.78, 5) is 11.3. The Balaban J connectivity index is 2.24. The van der Waals surface area contributed by atoms with E-state index in [4.69, 9.17) is 9.47 Å². The van der Waals surface area contributed by atoms with Crippen LogP contribution in [-0.4, -0.2) is 40.0 Å². The number of ether oxygens (including phenoxy) is 3. The molecule has 0 N–H and O–H groups in total. The Labute approximate surface area is 117 Å². The number of sulfone groups is 1. The van der Waals surface area contributed by atoms with Crippen molar-refractivity contribution in [2.75, 3.05) is 25.6 Å². The molecule has 110 valence electrons. The van der Waals surface area contributed by atoms with E-state index < -0.39 is 21.6 Å². The Bertz CT molecular complexity index is 593. The summed E-state index contributed by atoms with van der Waals surface area (Å²) >= 11 is 0. The fraction of sp³-hybridized carbons (Fsp3) is 0.462. The molecule has 0 aliphatic carbocycles. The molecule has 0 fully saturated rings. The van der Waals surface area contributed by atoms with Crippen LogP contribution in [0.15, 0.2) is 23.1 Å². The zero-order valence-electron chi connectivity index (χ0n) is 11.1. The van der Waals surface area contributed by atoms with Gasteiger partial charge in [0.1, 0.15) is 0 Å². The fourth-order valence-corrected chi connectivity index (χ4v) is 2.90. The quantitative estimate of drug-likeness (QED) is 0.777. The van der Waals surface area contributed by atoms with Crippen LogP contribution in [0.1, 0.15) is 13.3 Å². The smallest absolute Gasteiger partial charge is 0.321 e. The molecule has 0 atom stereocenters. The summed E-state index contributed by atoms with van der Waals surface area (Å²) in [5.74, 6) is -0.551. The zero-order chi connectivity index (χ0) is 14.6. The van der Waals surface area contributed by atoms with Crippen LogP contribution < -0.4 is 9.47 Å². The van der Waals surface area contributed by atoms with Gasteiger partial charge in [-0.05, 0) is 19.1 Å². The molecule has 1 heterocycles. The molecule has 0 unspecified atom stereocenters. The van der Waals surface area contributed by atoms with Gasteiger partial charge in [0, 0.05) is 12.5 Å². The van der Waals surface area contributed by atoms with Crippen LogP contribution in [0.3, 0.4) is 0 Å². The number of fused-ring (bicyclic) bond motifs is 1. The average molecular weight is 300 g/mol. The van der Waals surface area contributed by atoms with Crippen molar-refractivity contribution in [2.45, 2.75) is 18.2 Å². The number of hydrogen-bond donors (Lipinski definition) is 0. The molecular formula is C13H16O6S. The third-order valence-electron chi connectivity index (χ3n) is 2.69. The maximum absolute atomic E-state index is 12.1. The number of hydrogen-bond acceptors (Lipinski definition) is 6. The van der Waals surface area contributed by atoms with Gasteiger partial charge in [0.2, 0.25) is 0 Å². The van der Waals surface area contributed by atoms with Gasteiger partial charge in [-0.25, -0.2) is 8.42 Å². The summed E-state index contributed by atoms with van der Waals surface area (Å²) < 4.78 is 39.7. The normalized spacial score (nSPS) is 14.4. The molecule has 0 bridgehead atoms. The second-order valence-corrected chi connectivity index (χ2v) is 6.21. The molecule has 1 aromatic rings. The van der Waals surface area contributed by atoms with Gasteiger partial charge >= 0.3 is 5.97 Å². The lowest BCUT2D eigenvalue weighted by atomic mass is 10.3. The standard InChI is InChI=1S/C13H16O6S/c1-2-17-13(14)9-20(15,16)10-4-5-11-12(8-10)19-7-3-6-18-11/h4-5,8H,2-3,6-7,9H2,1H3. The van der Waals surface area contributed by atoms with Crippen LogP contribution in [0.2, 0.25) is 0 Å². The van der Waals surface area contributed by atoms with Crippen LogP contribution in [0.25, 0.3) is 0 Å². The lowest BCUT2D eigenvalue weighted by Crippen LogP contribution is -2.18. The monoisotopic (exact) mass is 300 g/mol. The molecule has 0 aromatic heterocycles. The predicted octanol–water partition coefficient (Wildman–Crippen LogP) is 1.18. The van der Waals surface area contributed by atoms with E-state index in [1.165, 1.54) is 12.1 Å². The minimum absolute atomic E-state index is 0.0230. The molecule has 7 heteroatoms. The first-order valence-corrected chi connectivity index (χ1v) is 7.96. The van der Waals surface area contributed by atoms with E-state index in [9.17, 15) is 13.2 Å². The van der Waals surface area contributed by atoms with Crippen LogP contribution >= 0.6 is 0 Å². The zero-order valence-corrected chi connectivity index (χ0v) is 11.9. The predicted molar refractivity (Wildman–Crippen MR) is 70.7 cm³/mol. The Hall–Kier alpha value is -1.76. The van der Waals surface area contributed by atoms with E-state index in [2.05, 4.69) is 4.74 Å². The first kappa shape index (κ1) is 14.6. The minimum Gasteiger partial charge on any atom is -0.490 e. The summed E-state index contributed by atoms with van der Waals surface area (Å²) in [5, 5.41) is 0. The molecule has 0 amide bonds. The molecule has 0 saturated heterocycles. The number of rotatable bonds is 4. The lowest BCUT2D eigenvalue weighted by molar-refractivity contribution is -0.139. The van der Waals surface area contributed by atoms with Crippen molar-refractivity contribution in [3.05, 3.63) is 18.2 Å². The molecule has 0 saturated carbocycles. The van der Waals surface area contributed by atoms with E-state index >= 15 is 0 Å². The Morgan fingerprint density at radius 1 is 1.25 bits per heavy atom. The van der Waals surface area contributed by atoms with Crippen LogP contribution in [0.4, 0.5) is 0 Å². The van der Waals surface area contributed by atoms with Crippen LogP contribution in [0.5, 0.6) is 11.5 Å². The highest BCUT2D eigenvalue weighted by Crippen LogP contribution is 2.32. The van der Waals surface area contributed by atoms with E-state index in [0.717, 1.165) is 6.42 Å². The van der Waals surface area contributed by atoms with Crippen LogP contribution in [-0.2, 0) is 19.4 Å². The van der Waals surface area contributed by atoms with Gasteiger partial charge in [-0.15, -0.1) is 0 Å². The Morgan fingerprint density at radius 3 is 2.65 bits per heavy atom. The number of esters is 1. The first-order chi connectivity index (χ1) is 9.53. The maximum atomic E-state index is 12.1. The second kappa shape index (κ2) is 6.13. The van der Waals surface area contributed by atoms with E-state index in [-0.39, 0.29) is 11.5 Å². The third-order valence-corrected chi connectivity index (χ3v) is 4.28. The second-order valence-electron chi connectivity index (χ2n) is 4.22. The van der Waals surface area contributed by atoms with Crippen molar-refractivity contribution in [3.8, 4) is 11.5 Å². The third kappa shape index (κ3) is 3.41. The number of carbonyl (C=O) groups excluding carboxylic acids is 1.